The highest BCUT2D eigenvalue weighted by Crippen LogP contribution is 2.21. The van der Waals surface area contributed by atoms with Gasteiger partial charge in [-0.05, 0) is 30.7 Å². The number of ether oxygens (including phenoxy) is 1. The molecule has 0 aliphatic heterocycles. The molecular weight excluding hydrogens is 240 g/mol. The van der Waals surface area contributed by atoms with Crippen molar-refractivity contribution < 1.29 is 17.9 Å². The lowest BCUT2D eigenvalue weighted by atomic mass is 10.2. The summed E-state index contributed by atoms with van der Waals surface area (Å²) >= 11 is 0. The average molecular weight is 253 g/mol. The minimum atomic E-state index is -0.612. The van der Waals surface area contributed by atoms with E-state index >= 15 is 0 Å². The van der Waals surface area contributed by atoms with E-state index in [-0.39, 0.29) is 12.4 Å². The molecule has 2 aromatic rings. The fourth-order valence-electron chi connectivity index (χ4n) is 1.60. The van der Waals surface area contributed by atoms with E-state index in [2.05, 4.69) is 0 Å². The zero-order valence-electron chi connectivity index (χ0n) is 9.87. The molecule has 2 rings (SSSR count). The zero-order valence-corrected chi connectivity index (χ0v) is 9.87. The molecular formula is C13H13F2NO2. The molecule has 2 N–H and O–H groups in total. The molecule has 1 heterocycles. The van der Waals surface area contributed by atoms with E-state index in [0.717, 1.165) is 23.8 Å². The lowest BCUT2D eigenvalue weighted by Gasteiger charge is -2.05. The zero-order chi connectivity index (χ0) is 13.1. The van der Waals surface area contributed by atoms with Gasteiger partial charge in [-0.2, -0.15) is 0 Å². The minimum Gasteiger partial charge on any atom is -0.482 e. The van der Waals surface area contributed by atoms with Crippen LogP contribution in [0, 0.1) is 18.6 Å². The number of aryl methyl sites for hydroxylation is 1. The Hall–Kier alpha value is -1.88. The molecule has 0 aliphatic carbocycles. The highest BCUT2D eigenvalue weighted by atomic mass is 19.1. The van der Waals surface area contributed by atoms with Crippen LogP contribution < -0.4 is 10.5 Å². The first kappa shape index (κ1) is 12.6. The van der Waals surface area contributed by atoms with Gasteiger partial charge in [0.25, 0.3) is 0 Å². The van der Waals surface area contributed by atoms with Crippen molar-refractivity contribution in [3.63, 3.8) is 0 Å². The second-order valence-electron chi connectivity index (χ2n) is 3.89. The van der Waals surface area contributed by atoms with Crippen LogP contribution in [0.15, 0.2) is 28.7 Å². The van der Waals surface area contributed by atoms with Crippen molar-refractivity contribution in [2.24, 2.45) is 5.73 Å². The molecule has 18 heavy (non-hydrogen) atoms. The topological polar surface area (TPSA) is 48.4 Å². The molecule has 0 aliphatic rings. The Labute approximate surface area is 103 Å². The second-order valence-corrected chi connectivity index (χ2v) is 3.89. The molecule has 0 saturated heterocycles. The summed E-state index contributed by atoms with van der Waals surface area (Å²) in [6.07, 6.45) is 0. The Kier molecular flexibility index (Phi) is 3.62. The van der Waals surface area contributed by atoms with Gasteiger partial charge in [-0.15, -0.1) is 0 Å². The number of nitrogens with two attached hydrogens (primary N) is 1. The van der Waals surface area contributed by atoms with Crippen LogP contribution in [0.1, 0.15) is 17.1 Å². The van der Waals surface area contributed by atoms with Crippen LogP contribution in [0.25, 0.3) is 0 Å². The van der Waals surface area contributed by atoms with Crippen LogP contribution in [-0.4, -0.2) is 0 Å². The van der Waals surface area contributed by atoms with Gasteiger partial charge >= 0.3 is 0 Å². The maximum Gasteiger partial charge on any atom is 0.165 e. The first-order chi connectivity index (χ1) is 8.60. The molecule has 3 nitrogen and oxygen atoms in total. The van der Waals surface area contributed by atoms with E-state index in [1.54, 1.807) is 6.07 Å². The van der Waals surface area contributed by atoms with Crippen molar-refractivity contribution in [2.75, 3.05) is 0 Å². The first-order valence-electron chi connectivity index (χ1n) is 5.46. The van der Waals surface area contributed by atoms with Crippen LogP contribution >= 0.6 is 0 Å². The van der Waals surface area contributed by atoms with E-state index in [9.17, 15) is 8.78 Å². The predicted octanol–water partition coefficient (Wildman–Crippen LogP) is 2.90. The smallest absolute Gasteiger partial charge is 0.165 e. The lowest BCUT2D eigenvalue weighted by molar-refractivity contribution is 0.254. The van der Waals surface area contributed by atoms with Crippen molar-refractivity contribution in [3.8, 4) is 5.75 Å². The Balaban J connectivity index is 2.08. The Morgan fingerprint density at radius 1 is 1.28 bits per heavy atom. The van der Waals surface area contributed by atoms with Gasteiger partial charge in [0, 0.05) is 6.07 Å². The number of furan rings is 1. The van der Waals surface area contributed by atoms with Gasteiger partial charge in [-0.1, -0.05) is 0 Å². The van der Waals surface area contributed by atoms with Gasteiger partial charge in [-0.25, -0.2) is 8.78 Å². The molecule has 0 atom stereocenters. The molecule has 0 unspecified atom stereocenters. The quantitative estimate of drug-likeness (QED) is 0.911. The fourth-order valence-corrected chi connectivity index (χ4v) is 1.60. The Bertz CT molecular complexity index is 552. The van der Waals surface area contributed by atoms with Crippen molar-refractivity contribution in [1.82, 2.24) is 0 Å². The molecule has 96 valence electrons. The predicted molar refractivity (Wildman–Crippen MR) is 62.0 cm³/mol. The number of hydrogen-bond donors (Lipinski definition) is 1. The Morgan fingerprint density at radius 3 is 2.72 bits per heavy atom. The number of benzene rings is 1. The summed E-state index contributed by atoms with van der Waals surface area (Å²) in [4.78, 5) is 0. The summed E-state index contributed by atoms with van der Waals surface area (Å²) < 4.78 is 36.7. The third kappa shape index (κ3) is 2.68. The highest BCUT2D eigenvalue weighted by Gasteiger charge is 2.09. The van der Waals surface area contributed by atoms with Crippen molar-refractivity contribution in [3.05, 3.63) is 53.0 Å². The SMILES string of the molecule is Cc1cc(COc2cc(F)ccc2F)oc1CN. The van der Waals surface area contributed by atoms with E-state index < -0.39 is 11.6 Å². The van der Waals surface area contributed by atoms with Crippen LogP contribution in [0.4, 0.5) is 8.78 Å². The van der Waals surface area contributed by atoms with Gasteiger partial charge in [0.05, 0.1) is 6.54 Å². The number of hydrogen-bond acceptors (Lipinski definition) is 3. The van der Waals surface area contributed by atoms with E-state index in [0.29, 0.717) is 18.1 Å². The maximum absolute atomic E-state index is 13.3. The van der Waals surface area contributed by atoms with Gasteiger partial charge < -0.3 is 14.9 Å². The minimum absolute atomic E-state index is 0.0290. The van der Waals surface area contributed by atoms with Crippen LogP contribution in [-0.2, 0) is 13.2 Å². The van der Waals surface area contributed by atoms with Crippen molar-refractivity contribution in [2.45, 2.75) is 20.1 Å². The first-order valence-corrected chi connectivity index (χ1v) is 5.46. The van der Waals surface area contributed by atoms with Crippen molar-refractivity contribution >= 4 is 0 Å². The third-order valence-electron chi connectivity index (χ3n) is 2.52. The summed E-state index contributed by atoms with van der Waals surface area (Å²) in [5, 5.41) is 0. The molecule has 0 fully saturated rings. The summed E-state index contributed by atoms with van der Waals surface area (Å²) in [5.74, 6) is -0.119. The molecule has 1 aromatic heterocycles. The van der Waals surface area contributed by atoms with E-state index in [1.807, 2.05) is 6.92 Å². The second kappa shape index (κ2) is 5.18. The summed E-state index contributed by atoms with van der Waals surface area (Å²) in [6, 6.07) is 4.81. The molecule has 1 aromatic carbocycles. The van der Waals surface area contributed by atoms with Gasteiger partial charge in [-0.3, -0.25) is 0 Å². The number of halogens is 2. The normalized spacial score (nSPS) is 10.7. The molecule has 0 bridgehead atoms. The van der Waals surface area contributed by atoms with Gasteiger partial charge in [0.1, 0.15) is 23.9 Å². The molecule has 0 radical (unpaired) electrons. The lowest BCUT2D eigenvalue weighted by Crippen LogP contribution is -1.97. The standard InChI is InChI=1S/C13H13F2NO2/c1-8-4-10(18-13(8)6-16)7-17-12-5-9(14)2-3-11(12)15/h2-5H,6-7,16H2,1H3. The molecule has 0 saturated carbocycles. The summed E-state index contributed by atoms with van der Waals surface area (Å²) in [5.41, 5.74) is 6.38. The molecule has 5 heteroatoms. The van der Waals surface area contributed by atoms with E-state index in [4.69, 9.17) is 14.9 Å². The average Bonchev–Trinajstić information content (AvgIpc) is 2.71. The molecule has 0 amide bonds. The summed E-state index contributed by atoms with van der Waals surface area (Å²) in [6.45, 7) is 2.18. The van der Waals surface area contributed by atoms with Crippen LogP contribution in [0.5, 0.6) is 5.75 Å². The monoisotopic (exact) mass is 253 g/mol. The summed E-state index contributed by atoms with van der Waals surface area (Å²) in [7, 11) is 0. The Morgan fingerprint density at radius 2 is 2.06 bits per heavy atom. The largest absolute Gasteiger partial charge is 0.482 e. The van der Waals surface area contributed by atoms with Crippen molar-refractivity contribution in [1.29, 1.82) is 0 Å². The maximum atomic E-state index is 13.3. The number of rotatable bonds is 4. The third-order valence-corrected chi connectivity index (χ3v) is 2.52. The van der Waals surface area contributed by atoms with Crippen LogP contribution in [0.2, 0.25) is 0 Å². The van der Waals surface area contributed by atoms with E-state index in [1.165, 1.54) is 0 Å². The van der Waals surface area contributed by atoms with Gasteiger partial charge in [0.15, 0.2) is 11.6 Å². The van der Waals surface area contributed by atoms with Crippen LogP contribution in [0.3, 0.4) is 0 Å². The fraction of sp³-hybridized carbons (Fsp3) is 0.231. The van der Waals surface area contributed by atoms with Gasteiger partial charge in [0.2, 0.25) is 0 Å². The molecule has 0 spiro atoms. The highest BCUT2D eigenvalue weighted by molar-refractivity contribution is 5.25.